The molecule has 0 spiro atoms. The minimum absolute atomic E-state index is 0.229. The van der Waals surface area contributed by atoms with Crippen LogP contribution in [0.15, 0.2) is 36.4 Å². The third kappa shape index (κ3) is 4.28. The van der Waals surface area contributed by atoms with E-state index in [0.717, 1.165) is 69.3 Å². The largest absolute Gasteiger partial charge is 0.354 e. The number of aromatic nitrogens is 1. The molecule has 0 unspecified atom stereocenters. The number of nitrogens with zero attached hydrogens (tertiary/aromatic N) is 4. The topological polar surface area (TPSA) is 39.7 Å². The molecule has 0 N–H and O–H groups in total. The Kier molecular flexibility index (Phi) is 5.78. The lowest BCUT2D eigenvalue weighted by atomic mass is 10.1. The molecule has 2 aliphatic heterocycles. The maximum absolute atomic E-state index is 12.3. The number of hydrogen-bond acceptors (Lipinski definition) is 5. The molecule has 2 saturated heterocycles. The van der Waals surface area contributed by atoms with E-state index in [1.807, 2.05) is 24.8 Å². The predicted octanol–water partition coefficient (Wildman–Crippen LogP) is 3.45. The molecule has 2 aliphatic rings. The molecule has 6 heteroatoms. The molecule has 2 aromatic rings. The van der Waals surface area contributed by atoms with Gasteiger partial charge in [0.2, 0.25) is 5.91 Å². The Morgan fingerprint density at radius 3 is 2.50 bits per heavy atom. The first-order valence-corrected chi connectivity index (χ1v) is 11.3. The van der Waals surface area contributed by atoms with Gasteiger partial charge in [0.25, 0.3) is 0 Å². The van der Waals surface area contributed by atoms with Crippen molar-refractivity contribution < 1.29 is 4.79 Å². The Bertz CT molecular complexity index is 832. The number of anilines is 1. The van der Waals surface area contributed by atoms with E-state index in [0.29, 0.717) is 5.91 Å². The number of amides is 1. The number of rotatable bonds is 6. The maximum atomic E-state index is 12.3. The minimum atomic E-state index is -0.229. The van der Waals surface area contributed by atoms with Crippen LogP contribution in [0.3, 0.4) is 0 Å². The van der Waals surface area contributed by atoms with Crippen LogP contribution in [0.4, 0.5) is 5.82 Å². The van der Waals surface area contributed by atoms with Crippen molar-refractivity contribution in [1.29, 1.82) is 0 Å². The monoisotopic (exact) mass is 398 g/mol. The summed E-state index contributed by atoms with van der Waals surface area (Å²) in [6, 6.07) is 12.6. The Hall–Kier alpha value is -1.79. The highest BCUT2D eigenvalue weighted by Crippen LogP contribution is 2.34. The van der Waals surface area contributed by atoms with Crippen LogP contribution < -0.4 is 4.90 Å². The third-order valence-corrected chi connectivity index (χ3v) is 7.15. The summed E-state index contributed by atoms with van der Waals surface area (Å²) in [6.45, 7) is 10.3. The number of carbonyl (C=O) groups is 1. The van der Waals surface area contributed by atoms with Gasteiger partial charge < -0.3 is 9.80 Å². The molecule has 150 valence electrons. The second-order valence-corrected chi connectivity index (χ2v) is 9.82. The standard InChI is InChI=1S/C22H30N4OS/c1-22(2)21(27)26(17-28-22)12-6-5-11-24-13-15-25(16-14-24)20-10-9-18-7-3-4-8-19(18)23-20/h3-4,7-10H,5-6,11-17H2,1-2H3. The van der Waals surface area contributed by atoms with Crippen molar-refractivity contribution in [1.82, 2.24) is 14.8 Å². The van der Waals surface area contributed by atoms with Gasteiger partial charge in [0, 0.05) is 38.1 Å². The van der Waals surface area contributed by atoms with Crippen molar-refractivity contribution in [2.45, 2.75) is 31.4 Å². The lowest BCUT2D eigenvalue weighted by Gasteiger charge is -2.35. The van der Waals surface area contributed by atoms with Crippen LogP contribution in [0, 0.1) is 0 Å². The summed E-state index contributed by atoms with van der Waals surface area (Å²) in [5.74, 6) is 2.24. The molecule has 28 heavy (non-hydrogen) atoms. The molecule has 1 amide bonds. The lowest BCUT2D eigenvalue weighted by Crippen LogP contribution is -2.47. The van der Waals surface area contributed by atoms with Crippen LogP contribution in [0.25, 0.3) is 10.9 Å². The van der Waals surface area contributed by atoms with E-state index in [4.69, 9.17) is 4.98 Å². The first kappa shape index (κ1) is 19.5. The highest BCUT2D eigenvalue weighted by Gasteiger charge is 2.38. The average Bonchev–Trinajstić information content (AvgIpc) is 2.98. The number of pyridine rings is 1. The fourth-order valence-corrected chi connectivity index (χ4v) is 4.95. The number of piperazine rings is 1. The van der Waals surface area contributed by atoms with Crippen LogP contribution in [-0.4, -0.2) is 70.6 Å². The fourth-order valence-electron chi connectivity index (χ4n) is 3.98. The minimum Gasteiger partial charge on any atom is -0.354 e. The zero-order chi connectivity index (χ0) is 19.6. The summed E-state index contributed by atoms with van der Waals surface area (Å²) >= 11 is 1.76. The highest BCUT2D eigenvalue weighted by molar-refractivity contribution is 8.01. The zero-order valence-electron chi connectivity index (χ0n) is 16.9. The summed E-state index contributed by atoms with van der Waals surface area (Å²) in [7, 11) is 0. The van der Waals surface area contributed by atoms with Gasteiger partial charge in [0.1, 0.15) is 5.82 Å². The molecule has 4 rings (SSSR count). The van der Waals surface area contributed by atoms with Crippen LogP contribution in [0.5, 0.6) is 0 Å². The van der Waals surface area contributed by atoms with Crippen molar-refractivity contribution in [3.8, 4) is 0 Å². The van der Waals surface area contributed by atoms with Gasteiger partial charge in [-0.2, -0.15) is 0 Å². The summed E-state index contributed by atoms with van der Waals surface area (Å²) in [6.07, 6.45) is 2.25. The van der Waals surface area contributed by atoms with Gasteiger partial charge >= 0.3 is 0 Å². The molecule has 1 aromatic carbocycles. The molecule has 0 aliphatic carbocycles. The van der Waals surface area contributed by atoms with E-state index in [9.17, 15) is 4.79 Å². The first-order chi connectivity index (χ1) is 13.5. The van der Waals surface area contributed by atoms with Gasteiger partial charge in [-0.25, -0.2) is 4.98 Å². The smallest absolute Gasteiger partial charge is 0.238 e. The fraction of sp³-hybridized carbons (Fsp3) is 0.545. The molecular weight excluding hydrogens is 368 g/mol. The SMILES string of the molecule is CC1(C)SCN(CCCCN2CCN(c3ccc4ccccc4n3)CC2)C1=O. The van der Waals surface area contributed by atoms with E-state index < -0.39 is 0 Å². The Morgan fingerprint density at radius 1 is 1.00 bits per heavy atom. The Balaban J connectivity index is 1.20. The molecular formula is C22H30N4OS. The van der Waals surface area contributed by atoms with Crippen LogP contribution in [-0.2, 0) is 4.79 Å². The summed E-state index contributed by atoms with van der Waals surface area (Å²) < 4.78 is -0.229. The van der Waals surface area contributed by atoms with Crippen molar-refractivity contribution >= 4 is 34.4 Å². The predicted molar refractivity (Wildman–Crippen MR) is 118 cm³/mol. The number of para-hydroxylation sites is 1. The molecule has 3 heterocycles. The number of hydrogen-bond donors (Lipinski definition) is 0. The number of thioether (sulfide) groups is 1. The molecule has 0 bridgehead atoms. The van der Waals surface area contributed by atoms with Gasteiger partial charge in [-0.05, 0) is 51.4 Å². The second kappa shape index (κ2) is 8.29. The van der Waals surface area contributed by atoms with Crippen LogP contribution in [0.2, 0.25) is 0 Å². The van der Waals surface area contributed by atoms with E-state index in [1.165, 1.54) is 5.39 Å². The van der Waals surface area contributed by atoms with E-state index in [1.54, 1.807) is 11.8 Å². The zero-order valence-corrected chi connectivity index (χ0v) is 17.7. The molecule has 0 saturated carbocycles. The van der Waals surface area contributed by atoms with Crippen molar-refractivity contribution in [2.75, 3.05) is 50.0 Å². The molecule has 0 atom stereocenters. The molecule has 0 radical (unpaired) electrons. The normalized spacial score (nSPS) is 20.3. The lowest BCUT2D eigenvalue weighted by molar-refractivity contribution is -0.130. The van der Waals surface area contributed by atoms with Crippen molar-refractivity contribution in [3.63, 3.8) is 0 Å². The number of unbranched alkanes of at least 4 members (excludes halogenated alkanes) is 1. The first-order valence-electron chi connectivity index (χ1n) is 10.3. The third-order valence-electron chi connectivity index (χ3n) is 5.82. The second-order valence-electron chi connectivity index (χ2n) is 8.25. The molecule has 2 fully saturated rings. The van der Waals surface area contributed by atoms with Crippen molar-refractivity contribution in [3.05, 3.63) is 36.4 Å². The summed E-state index contributed by atoms with van der Waals surface area (Å²) in [5.41, 5.74) is 1.07. The molecule has 5 nitrogen and oxygen atoms in total. The van der Waals surface area contributed by atoms with E-state index >= 15 is 0 Å². The van der Waals surface area contributed by atoms with Gasteiger partial charge in [0.15, 0.2) is 0 Å². The number of benzene rings is 1. The highest BCUT2D eigenvalue weighted by atomic mass is 32.2. The molecule has 1 aromatic heterocycles. The quantitative estimate of drug-likeness (QED) is 0.697. The van der Waals surface area contributed by atoms with Crippen molar-refractivity contribution in [2.24, 2.45) is 0 Å². The number of fused-ring (bicyclic) bond motifs is 1. The van der Waals surface area contributed by atoms with Gasteiger partial charge in [0.05, 0.1) is 16.1 Å². The maximum Gasteiger partial charge on any atom is 0.238 e. The summed E-state index contributed by atoms with van der Waals surface area (Å²) in [4.78, 5) is 24.0. The van der Waals surface area contributed by atoms with E-state index in [2.05, 4.69) is 40.1 Å². The van der Waals surface area contributed by atoms with Gasteiger partial charge in [-0.3, -0.25) is 9.69 Å². The summed E-state index contributed by atoms with van der Waals surface area (Å²) in [5, 5.41) is 1.20. The van der Waals surface area contributed by atoms with Crippen LogP contribution in [0.1, 0.15) is 26.7 Å². The Labute approximate surface area is 172 Å². The average molecular weight is 399 g/mol. The van der Waals surface area contributed by atoms with Gasteiger partial charge in [-0.15, -0.1) is 11.8 Å². The van der Waals surface area contributed by atoms with Crippen LogP contribution >= 0.6 is 11.8 Å². The van der Waals surface area contributed by atoms with Gasteiger partial charge in [-0.1, -0.05) is 18.2 Å². The van der Waals surface area contributed by atoms with E-state index in [-0.39, 0.29) is 4.75 Å². The Morgan fingerprint density at radius 2 is 1.75 bits per heavy atom. The number of carbonyl (C=O) groups excluding carboxylic acids is 1.